The van der Waals surface area contributed by atoms with Gasteiger partial charge in [-0.2, -0.15) is 18.3 Å². The maximum absolute atomic E-state index is 12.7. The zero-order valence-electron chi connectivity index (χ0n) is 12.8. The van der Waals surface area contributed by atoms with Crippen LogP contribution in [0.2, 0.25) is 5.02 Å². The molecule has 3 N–H and O–H groups in total. The van der Waals surface area contributed by atoms with Crippen molar-refractivity contribution < 1.29 is 23.1 Å². The summed E-state index contributed by atoms with van der Waals surface area (Å²) in [5.41, 5.74) is 1.83. The molecule has 0 unspecified atom stereocenters. The van der Waals surface area contributed by atoms with Crippen molar-refractivity contribution in [3.8, 4) is 0 Å². The number of alkyl halides is 3. The van der Waals surface area contributed by atoms with Gasteiger partial charge in [0.05, 0.1) is 28.1 Å². The van der Waals surface area contributed by atoms with E-state index < -0.39 is 17.7 Å². The number of hydrazone groups is 1. The number of thiocarbonyl (C=S) groups is 1. The van der Waals surface area contributed by atoms with Crippen LogP contribution in [-0.4, -0.2) is 22.4 Å². The summed E-state index contributed by atoms with van der Waals surface area (Å²) in [6.07, 6.45) is -3.29. The largest absolute Gasteiger partial charge is 0.478 e. The Morgan fingerprint density at radius 1 is 1.23 bits per heavy atom. The molecule has 2 rings (SSSR count). The number of benzene rings is 2. The molecule has 10 heteroatoms. The van der Waals surface area contributed by atoms with Crippen molar-refractivity contribution in [2.24, 2.45) is 5.10 Å². The summed E-state index contributed by atoms with van der Waals surface area (Å²) in [4.78, 5) is 11.1. The number of nitrogens with one attached hydrogen (secondary N) is 2. The fourth-order valence-electron chi connectivity index (χ4n) is 1.91. The van der Waals surface area contributed by atoms with E-state index in [2.05, 4.69) is 15.8 Å². The Kier molecular flexibility index (Phi) is 6.17. The molecule has 0 saturated carbocycles. The van der Waals surface area contributed by atoms with Crippen LogP contribution in [0.5, 0.6) is 0 Å². The summed E-state index contributed by atoms with van der Waals surface area (Å²) in [7, 11) is 0. The molecule has 0 fully saturated rings. The molecule has 2 aromatic carbocycles. The van der Waals surface area contributed by atoms with Gasteiger partial charge in [-0.1, -0.05) is 29.8 Å². The molecule has 0 aliphatic heterocycles. The molecule has 0 radical (unpaired) electrons. The van der Waals surface area contributed by atoms with Crippen LogP contribution < -0.4 is 10.7 Å². The van der Waals surface area contributed by atoms with Crippen LogP contribution in [0.25, 0.3) is 0 Å². The lowest BCUT2D eigenvalue weighted by molar-refractivity contribution is -0.137. The summed E-state index contributed by atoms with van der Waals surface area (Å²) in [5, 5.41) is 15.3. The van der Waals surface area contributed by atoms with Gasteiger partial charge in [0.1, 0.15) is 0 Å². The Morgan fingerprint density at radius 2 is 1.92 bits per heavy atom. The third kappa shape index (κ3) is 5.17. The Balaban J connectivity index is 2.07. The zero-order chi connectivity index (χ0) is 19.3. The number of nitrogens with zero attached hydrogens (tertiary/aromatic N) is 1. The van der Waals surface area contributed by atoms with Crippen LogP contribution in [0.1, 0.15) is 21.5 Å². The monoisotopic (exact) mass is 401 g/mol. The first-order chi connectivity index (χ1) is 12.2. The highest BCUT2D eigenvalue weighted by Crippen LogP contribution is 2.33. The maximum atomic E-state index is 12.7. The molecule has 0 aliphatic carbocycles. The Morgan fingerprint density at radius 3 is 2.58 bits per heavy atom. The molecule has 2 aromatic rings. The van der Waals surface area contributed by atoms with E-state index in [0.717, 1.165) is 18.2 Å². The van der Waals surface area contributed by atoms with E-state index in [9.17, 15) is 18.0 Å². The topological polar surface area (TPSA) is 73.7 Å². The Hall–Kier alpha value is -2.65. The number of anilines is 1. The van der Waals surface area contributed by atoms with E-state index in [1.54, 1.807) is 12.1 Å². The number of rotatable bonds is 4. The quantitative estimate of drug-likeness (QED) is 0.403. The molecule has 0 amide bonds. The van der Waals surface area contributed by atoms with Crippen molar-refractivity contribution in [1.82, 2.24) is 5.43 Å². The minimum atomic E-state index is -4.52. The molecular weight excluding hydrogens is 391 g/mol. The molecule has 0 bridgehead atoms. The molecule has 136 valence electrons. The molecular formula is C16H11ClF3N3O2S. The van der Waals surface area contributed by atoms with E-state index in [-0.39, 0.29) is 21.4 Å². The van der Waals surface area contributed by atoms with Gasteiger partial charge in [0.2, 0.25) is 0 Å². The van der Waals surface area contributed by atoms with Gasteiger partial charge in [-0.3, -0.25) is 5.43 Å². The van der Waals surface area contributed by atoms with E-state index >= 15 is 0 Å². The van der Waals surface area contributed by atoms with Gasteiger partial charge in [0, 0.05) is 5.56 Å². The molecule has 0 spiro atoms. The fourth-order valence-corrected chi connectivity index (χ4v) is 2.24. The van der Waals surface area contributed by atoms with Crippen molar-refractivity contribution >= 4 is 46.8 Å². The van der Waals surface area contributed by atoms with Gasteiger partial charge >= 0.3 is 12.1 Å². The Bertz CT molecular complexity index is 872. The fraction of sp³-hybridized carbons (Fsp3) is 0.0625. The summed E-state index contributed by atoms with van der Waals surface area (Å²) in [5.74, 6) is -1.12. The van der Waals surface area contributed by atoms with Gasteiger partial charge in [0.25, 0.3) is 0 Å². The smallest absolute Gasteiger partial charge is 0.416 e. The van der Waals surface area contributed by atoms with Gasteiger partial charge in [-0.15, -0.1) is 0 Å². The lowest BCUT2D eigenvalue weighted by Crippen LogP contribution is -2.24. The van der Waals surface area contributed by atoms with Crippen molar-refractivity contribution in [2.45, 2.75) is 6.18 Å². The highest BCUT2D eigenvalue weighted by atomic mass is 35.5. The summed E-state index contributed by atoms with van der Waals surface area (Å²) in [6.45, 7) is 0. The second kappa shape index (κ2) is 8.15. The third-order valence-electron chi connectivity index (χ3n) is 3.10. The first-order valence-corrected chi connectivity index (χ1v) is 7.76. The first-order valence-electron chi connectivity index (χ1n) is 6.97. The number of hydrogen-bond donors (Lipinski definition) is 3. The minimum Gasteiger partial charge on any atom is -0.478 e. The SMILES string of the molecule is O=C(O)c1ccccc1/C=N\NC(=S)Nc1cc(C(F)(F)F)ccc1Cl. The van der Waals surface area contributed by atoms with Crippen molar-refractivity contribution in [2.75, 3.05) is 5.32 Å². The van der Waals surface area contributed by atoms with Crippen LogP contribution in [0, 0.1) is 0 Å². The summed E-state index contributed by atoms with van der Waals surface area (Å²) >= 11 is 10.8. The van der Waals surface area contributed by atoms with Crippen molar-refractivity contribution in [3.05, 3.63) is 64.2 Å². The molecule has 0 aliphatic rings. The highest BCUT2D eigenvalue weighted by molar-refractivity contribution is 7.80. The third-order valence-corrected chi connectivity index (χ3v) is 3.63. The van der Waals surface area contributed by atoms with Crippen molar-refractivity contribution in [1.29, 1.82) is 0 Å². The number of carboxylic acid groups (broad SMARTS) is 1. The average molecular weight is 402 g/mol. The highest BCUT2D eigenvalue weighted by Gasteiger charge is 2.31. The lowest BCUT2D eigenvalue weighted by Gasteiger charge is -2.12. The molecule has 5 nitrogen and oxygen atoms in total. The normalized spacial score (nSPS) is 11.4. The van der Waals surface area contributed by atoms with Gasteiger partial charge < -0.3 is 10.4 Å². The standard InChI is InChI=1S/C16H11ClF3N3O2S/c17-12-6-5-10(16(18,19)20)7-13(12)22-15(26)23-21-8-9-3-1-2-4-11(9)14(24)25/h1-8H,(H,24,25)(H2,22,23,26)/b21-8-. The first kappa shape index (κ1) is 19.7. The van der Waals surface area contributed by atoms with Gasteiger partial charge in [-0.05, 0) is 36.5 Å². The van der Waals surface area contributed by atoms with E-state index in [1.807, 2.05) is 0 Å². The van der Waals surface area contributed by atoms with Crippen LogP contribution in [0.15, 0.2) is 47.6 Å². The summed E-state index contributed by atoms with van der Waals surface area (Å²) < 4.78 is 38.2. The van der Waals surface area contributed by atoms with Gasteiger partial charge in [0.15, 0.2) is 5.11 Å². The van der Waals surface area contributed by atoms with Crippen LogP contribution in [0.4, 0.5) is 18.9 Å². The van der Waals surface area contributed by atoms with E-state index in [1.165, 1.54) is 18.3 Å². The van der Waals surface area contributed by atoms with Crippen molar-refractivity contribution in [3.63, 3.8) is 0 Å². The predicted molar refractivity (Wildman–Crippen MR) is 96.8 cm³/mol. The predicted octanol–water partition coefficient (Wildman–Crippen LogP) is 4.38. The molecule has 26 heavy (non-hydrogen) atoms. The number of carbonyl (C=O) groups is 1. The second-order valence-corrected chi connectivity index (χ2v) is 5.72. The molecule has 0 saturated heterocycles. The van der Waals surface area contributed by atoms with E-state index in [0.29, 0.717) is 5.56 Å². The van der Waals surface area contributed by atoms with Gasteiger partial charge in [-0.25, -0.2) is 4.79 Å². The van der Waals surface area contributed by atoms with E-state index in [4.69, 9.17) is 28.9 Å². The molecule has 0 heterocycles. The number of halogens is 4. The number of carboxylic acids is 1. The lowest BCUT2D eigenvalue weighted by atomic mass is 10.1. The Labute approximate surface area is 156 Å². The minimum absolute atomic E-state index is 0.0397. The second-order valence-electron chi connectivity index (χ2n) is 4.91. The maximum Gasteiger partial charge on any atom is 0.416 e. The average Bonchev–Trinajstić information content (AvgIpc) is 2.56. The van der Waals surface area contributed by atoms with Crippen LogP contribution in [-0.2, 0) is 6.18 Å². The van der Waals surface area contributed by atoms with Crippen LogP contribution in [0.3, 0.4) is 0 Å². The zero-order valence-corrected chi connectivity index (χ0v) is 14.4. The molecule has 0 aromatic heterocycles. The number of aromatic carboxylic acids is 1. The number of hydrogen-bond acceptors (Lipinski definition) is 3. The van der Waals surface area contributed by atoms with Crippen LogP contribution >= 0.6 is 23.8 Å². The molecule has 0 atom stereocenters. The summed E-state index contributed by atoms with van der Waals surface area (Å²) in [6, 6.07) is 8.91.